The zero-order valence-corrected chi connectivity index (χ0v) is 12.8. The maximum Gasteiger partial charge on any atom is 0.321 e. The number of benzene rings is 1. The van der Waals surface area contributed by atoms with E-state index < -0.39 is 11.6 Å². The van der Waals surface area contributed by atoms with Crippen LogP contribution < -0.4 is 0 Å². The number of nitriles is 1. The van der Waals surface area contributed by atoms with E-state index in [4.69, 9.17) is 21.6 Å². The van der Waals surface area contributed by atoms with Gasteiger partial charge in [-0.25, -0.2) is 0 Å². The second kappa shape index (κ2) is 8.34. The minimum Gasteiger partial charge on any atom is -0.450 e. The molecule has 1 aromatic rings. The molecular formula is C15H18ClNO3. The number of nitrogens with zero attached hydrogens (tertiary/aromatic N) is 1. The topological polar surface area (TPSA) is 67.2 Å². The fourth-order valence-electron chi connectivity index (χ4n) is 1.41. The van der Waals surface area contributed by atoms with Crippen LogP contribution in [0.25, 0.3) is 0 Å². The van der Waals surface area contributed by atoms with Gasteiger partial charge in [0.15, 0.2) is 5.60 Å². The minimum atomic E-state index is -1.19. The maximum absolute atomic E-state index is 12.1. The highest BCUT2D eigenvalue weighted by molar-refractivity contribution is 6.26. The van der Waals surface area contributed by atoms with E-state index in [1.54, 1.807) is 32.0 Å². The first-order chi connectivity index (χ1) is 9.28. The summed E-state index contributed by atoms with van der Waals surface area (Å²) in [5.41, 5.74) is 0.390. The van der Waals surface area contributed by atoms with Gasteiger partial charge in [-0.1, -0.05) is 29.8 Å². The predicted molar refractivity (Wildman–Crippen MR) is 77.7 cm³/mol. The number of hydrogen-bond acceptors (Lipinski definition) is 4. The Bertz CT molecular complexity index is 501. The molecular weight excluding hydrogens is 278 g/mol. The van der Waals surface area contributed by atoms with Crippen LogP contribution in [0.15, 0.2) is 24.3 Å². The zero-order chi connectivity index (χ0) is 15.8. The second-order valence-corrected chi connectivity index (χ2v) is 4.80. The van der Waals surface area contributed by atoms with Crippen LogP contribution >= 0.6 is 11.6 Å². The van der Waals surface area contributed by atoms with Crippen LogP contribution in [-0.2, 0) is 9.53 Å². The third kappa shape index (κ3) is 5.85. The number of alkyl halides is 1. The molecule has 0 fully saturated rings. The van der Waals surface area contributed by atoms with E-state index >= 15 is 0 Å². The highest BCUT2D eigenvalue weighted by atomic mass is 35.5. The molecule has 20 heavy (non-hydrogen) atoms. The average Bonchev–Trinajstić information content (AvgIpc) is 2.39. The van der Waals surface area contributed by atoms with Crippen LogP contribution in [0.2, 0.25) is 0 Å². The molecule has 0 N–H and O–H groups in total. The van der Waals surface area contributed by atoms with E-state index in [9.17, 15) is 9.59 Å². The summed E-state index contributed by atoms with van der Waals surface area (Å²) in [4.78, 5) is 23.2. The van der Waals surface area contributed by atoms with Crippen LogP contribution in [0, 0.1) is 18.3 Å². The van der Waals surface area contributed by atoms with Gasteiger partial charge < -0.3 is 4.74 Å². The van der Waals surface area contributed by atoms with Gasteiger partial charge in [0, 0.05) is 12.5 Å². The van der Waals surface area contributed by atoms with E-state index in [0.717, 1.165) is 5.56 Å². The molecule has 0 aromatic heterocycles. The van der Waals surface area contributed by atoms with Gasteiger partial charge in [-0.3, -0.25) is 9.59 Å². The van der Waals surface area contributed by atoms with Gasteiger partial charge in [-0.05, 0) is 20.8 Å². The smallest absolute Gasteiger partial charge is 0.321 e. The van der Waals surface area contributed by atoms with Crippen molar-refractivity contribution in [3.05, 3.63) is 35.4 Å². The van der Waals surface area contributed by atoms with Gasteiger partial charge in [0.1, 0.15) is 5.88 Å². The summed E-state index contributed by atoms with van der Waals surface area (Å²) in [6, 6.07) is 8.86. The van der Waals surface area contributed by atoms with Gasteiger partial charge >= 0.3 is 5.97 Å². The lowest BCUT2D eigenvalue weighted by atomic mass is 9.96. The fraction of sp³-hybridized carbons (Fsp3) is 0.400. The third-order valence-electron chi connectivity index (χ3n) is 2.34. The first kappa shape index (κ1) is 18.1. The lowest BCUT2D eigenvalue weighted by Crippen LogP contribution is -2.37. The highest BCUT2D eigenvalue weighted by Crippen LogP contribution is 2.18. The van der Waals surface area contributed by atoms with Gasteiger partial charge in [0.05, 0.1) is 6.07 Å². The van der Waals surface area contributed by atoms with Crippen molar-refractivity contribution in [1.82, 2.24) is 0 Å². The van der Waals surface area contributed by atoms with Crippen LogP contribution in [0.4, 0.5) is 0 Å². The molecule has 4 nitrogen and oxygen atoms in total. The standard InChI is InChI=1S/C13H15ClO3.C2H3N/c1-9-4-6-10(7-5-9)12(16)13(2,3)17-11(15)8-14;1-2-3/h4-7H,8H2,1-3H3;1H3. The number of Topliss-reactive ketones (excluding diaryl/α,β-unsaturated/α-hetero) is 1. The number of halogens is 1. The Morgan fingerprint density at radius 1 is 1.30 bits per heavy atom. The normalized spacial score (nSPS) is 9.80. The Kier molecular flexibility index (Phi) is 7.56. The molecule has 108 valence electrons. The largest absolute Gasteiger partial charge is 0.450 e. The lowest BCUT2D eigenvalue weighted by molar-refractivity contribution is -0.149. The Morgan fingerprint density at radius 2 is 1.75 bits per heavy atom. The van der Waals surface area contributed by atoms with Gasteiger partial charge in [-0.15, -0.1) is 11.6 Å². The molecule has 0 bridgehead atoms. The van der Waals surface area contributed by atoms with Crippen molar-refractivity contribution in [2.45, 2.75) is 33.3 Å². The van der Waals surface area contributed by atoms with Gasteiger partial charge in [0.2, 0.25) is 5.78 Å². The number of hydrogen-bond donors (Lipinski definition) is 0. The second-order valence-electron chi connectivity index (χ2n) is 4.54. The molecule has 0 aliphatic carbocycles. The number of esters is 1. The van der Waals surface area contributed by atoms with Crippen molar-refractivity contribution < 1.29 is 14.3 Å². The van der Waals surface area contributed by atoms with Crippen LogP contribution in [0.5, 0.6) is 0 Å². The Hall–Kier alpha value is -1.86. The molecule has 0 aliphatic heterocycles. The van der Waals surface area contributed by atoms with E-state index in [1.165, 1.54) is 6.92 Å². The molecule has 0 amide bonds. The highest BCUT2D eigenvalue weighted by Gasteiger charge is 2.32. The van der Waals surface area contributed by atoms with E-state index in [1.807, 2.05) is 19.1 Å². The molecule has 0 heterocycles. The van der Waals surface area contributed by atoms with Crippen molar-refractivity contribution in [3.63, 3.8) is 0 Å². The van der Waals surface area contributed by atoms with Gasteiger partial charge in [-0.2, -0.15) is 5.26 Å². The molecule has 1 aromatic carbocycles. The predicted octanol–water partition coefficient (Wildman–Crippen LogP) is 3.27. The van der Waals surface area contributed by atoms with Crippen molar-refractivity contribution in [2.75, 3.05) is 5.88 Å². The number of aryl methyl sites for hydroxylation is 1. The zero-order valence-electron chi connectivity index (χ0n) is 12.1. The van der Waals surface area contributed by atoms with Crippen LogP contribution in [0.3, 0.4) is 0 Å². The molecule has 1 rings (SSSR count). The van der Waals surface area contributed by atoms with Crippen molar-refractivity contribution >= 4 is 23.4 Å². The van der Waals surface area contributed by atoms with E-state index in [2.05, 4.69) is 0 Å². The Labute approximate surface area is 124 Å². The van der Waals surface area contributed by atoms with Gasteiger partial charge in [0.25, 0.3) is 0 Å². The molecule has 0 spiro atoms. The monoisotopic (exact) mass is 295 g/mol. The molecule has 0 atom stereocenters. The summed E-state index contributed by atoms with van der Waals surface area (Å²) >= 11 is 5.34. The summed E-state index contributed by atoms with van der Waals surface area (Å²) in [6.45, 7) is 6.48. The fourth-order valence-corrected chi connectivity index (χ4v) is 1.47. The first-order valence-corrected chi connectivity index (χ1v) is 6.52. The quantitative estimate of drug-likeness (QED) is 0.486. The number of carbonyl (C=O) groups is 2. The van der Waals surface area contributed by atoms with Crippen molar-refractivity contribution in [1.29, 1.82) is 5.26 Å². The summed E-state index contributed by atoms with van der Waals surface area (Å²) in [5.74, 6) is -1.10. The number of ketones is 1. The SMILES string of the molecule is CC#N.Cc1ccc(C(=O)C(C)(C)OC(=O)CCl)cc1. The summed E-state index contributed by atoms with van der Waals surface area (Å²) in [6.07, 6.45) is 0. The Balaban J connectivity index is 0.00000110. The third-order valence-corrected chi connectivity index (χ3v) is 2.56. The van der Waals surface area contributed by atoms with E-state index in [-0.39, 0.29) is 11.7 Å². The lowest BCUT2D eigenvalue weighted by Gasteiger charge is -2.23. The summed E-state index contributed by atoms with van der Waals surface area (Å²) < 4.78 is 5.01. The average molecular weight is 296 g/mol. The summed E-state index contributed by atoms with van der Waals surface area (Å²) in [7, 11) is 0. The van der Waals surface area contributed by atoms with Crippen LogP contribution in [-0.4, -0.2) is 23.2 Å². The van der Waals surface area contributed by atoms with Crippen molar-refractivity contribution in [2.24, 2.45) is 0 Å². The molecule has 0 saturated heterocycles. The Morgan fingerprint density at radius 3 is 2.15 bits per heavy atom. The molecule has 0 unspecified atom stereocenters. The minimum absolute atomic E-state index is 0.240. The maximum atomic E-state index is 12.1. The molecule has 0 aliphatic rings. The summed E-state index contributed by atoms with van der Waals surface area (Å²) in [5, 5.41) is 7.32. The molecule has 0 saturated carbocycles. The molecule has 0 radical (unpaired) electrons. The molecule has 5 heteroatoms. The van der Waals surface area contributed by atoms with E-state index in [0.29, 0.717) is 5.56 Å². The number of rotatable bonds is 4. The first-order valence-electron chi connectivity index (χ1n) is 5.98. The number of carbonyl (C=O) groups excluding carboxylic acids is 2. The van der Waals surface area contributed by atoms with Crippen molar-refractivity contribution in [3.8, 4) is 6.07 Å². The number of ether oxygens (including phenoxy) is 1. The van der Waals surface area contributed by atoms with Crippen LogP contribution in [0.1, 0.15) is 36.7 Å².